The minimum Gasteiger partial charge on any atom is -0.352 e. The molecule has 2 aliphatic rings. The monoisotopic (exact) mass is 275 g/mol. The molecule has 2 aliphatic carbocycles. The van der Waals surface area contributed by atoms with Gasteiger partial charge in [-0.3, -0.25) is 9.48 Å². The quantitative estimate of drug-likeness (QED) is 0.918. The average molecular weight is 275 g/mol. The maximum absolute atomic E-state index is 12.4. The molecule has 4 heteroatoms. The van der Waals surface area contributed by atoms with Crippen LogP contribution in [0.15, 0.2) is 12.3 Å². The van der Waals surface area contributed by atoms with Gasteiger partial charge in [0.2, 0.25) is 5.91 Å². The summed E-state index contributed by atoms with van der Waals surface area (Å²) in [5.41, 5.74) is 1.03. The third kappa shape index (κ3) is 2.36. The molecule has 0 saturated heterocycles. The van der Waals surface area contributed by atoms with Crippen molar-refractivity contribution in [1.82, 2.24) is 15.1 Å². The first-order chi connectivity index (χ1) is 9.56. The maximum Gasteiger partial charge on any atom is 0.244 e. The van der Waals surface area contributed by atoms with E-state index in [4.69, 9.17) is 0 Å². The summed E-state index contributed by atoms with van der Waals surface area (Å²) in [5.74, 6) is 2.54. The highest BCUT2D eigenvalue weighted by atomic mass is 16.2. The van der Waals surface area contributed by atoms with Crippen LogP contribution in [0.25, 0.3) is 0 Å². The normalized spacial score (nSPS) is 31.2. The van der Waals surface area contributed by atoms with Gasteiger partial charge in [0.25, 0.3) is 0 Å². The Hall–Kier alpha value is -1.32. The molecule has 1 aromatic heterocycles. The largest absolute Gasteiger partial charge is 0.352 e. The number of hydrogen-bond donors (Lipinski definition) is 1. The minimum absolute atomic E-state index is 0.0899. The molecule has 4 nitrogen and oxygen atoms in total. The van der Waals surface area contributed by atoms with Gasteiger partial charge >= 0.3 is 0 Å². The van der Waals surface area contributed by atoms with Crippen molar-refractivity contribution in [2.75, 3.05) is 0 Å². The van der Waals surface area contributed by atoms with E-state index in [1.807, 2.05) is 19.9 Å². The number of amides is 1. The van der Waals surface area contributed by atoms with Crippen molar-refractivity contribution >= 4 is 5.91 Å². The Kier molecular flexibility index (Phi) is 3.57. The Labute approximate surface area is 120 Å². The van der Waals surface area contributed by atoms with Crippen molar-refractivity contribution in [2.24, 2.45) is 17.8 Å². The van der Waals surface area contributed by atoms with Crippen LogP contribution in [0.5, 0.6) is 0 Å². The van der Waals surface area contributed by atoms with Crippen LogP contribution in [-0.2, 0) is 4.79 Å². The first kappa shape index (κ1) is 13.7. The minimum atomic E-state index is -0.231. The zero-order valence-electron chi connectivity index (χ0n) is 12.7. The first-order valence-electron chi connectivity index (χ1n) is 7.86. The lowest BCUT2D eigenvalue weighted by Crippen LogP contribution is -2.43. The lowest BCUT2D eigenvalue weighted by Gasteiger charge is -2.29. The maximum atomic E-state index is 12.4. The summed E-state index contributed by atoms with van der Waals surface area (Å²) in [6.45, 7) is 6.07. The van der Waals surface area contributed by atoms with E-state index < -0.39 is 0 Å². The molecular weight excluding hydrogens is 250 g/mol. The summed E-state index contributed by atoms with van der Waals surface area (Å²) in [5, 5.41) is 7.46. The number of carbonyl (C=O) groups excluding carboxylic acids is 1. The SMILES string of the molecule is Cc1ccnn1[C@@H](C)C(=O)N[C@@H](C)[C@@H]1C[C@@H]2CC[C@@H]1C2. The second-order valence-corrected chi connectivity index (χ2v) is 6.73. The lowest BCUT2D eigenvalue weighted by molar-refractivity contribution is -0.125. The van der Waals surface area contributed by atoms with Crippen LogP contribution in [0.3, 0.4) is 0 Å². The Bertz CT molecular complexity index is 496. The molecule has 0 spiro atoms. The molecule has 1 aromatic rings. The molecular formula is C16H25N3O. The van der Waals surface area contributed by atoms with Crippen LogP contribution in [0.2, 0.25) is 0 Å². The van der Waals surface area contributed by atoms with Crippen LogP contribution in [-0.4, -0.2) is 21.7 Å². The fourth-order valence-electron chi connectivity index (χ4n) is 4.26. The van der Waals surface area contributed by atoms with E-state index in [1.165, 1.54) is 25.7 Å². The predicted octanol–water partition coefficient (Wildman–Crippen LogP) is 2.69. The van der Waals surface area contributed by atoms with E-state index in [0.29, 0.717) is 5.92 Å². The van der Waals surface area contributed by atoms with E-state index in [0.717, 1.165) is 17.5 Å². The third-order valence-electron chi connectivity index (χ3n) is 5.42. The van der Waals surface area contributed by atoms with Crippen molar-refractivity contribution in [2.45, 2.75) is 58.5 Å². The molecule has 5 atom stereocenters. The molecule has 2 saturated carbocycles. The summed E-state index contributed by atoms with van der Waals surface area (Å²) in [7, 11) is 0. The highest BCUT2D eigenvalue weighted by molar-refractivity contribution is 5.80. The van der Waals surface area contributed by atoms with E-state index >= 15 is 0 Å². The van der Waals surface area contributed by atoms with Crippen molar-refractivity contribution in [3.8, 4) is 0 Å². The van der Waals surface area contributed by atoms with E-state index in [-0.39, 0.29) is 18.0 Å². The number of aromatic nitrogens is 2. The molecule has 2 bridgehead atoms. The molecule has 0 unspecified atom stereocenters. The van der Waals surface area contributed by atoms with Crippen LogP contribution in [0.4, 0.5) is 0 Å². The lowest BCUT2D eigenvalue weighted by atomic mass is 9.84. The Morgan fingerprint density at radius 2 is 2.20 bits per heavy atom. The Morgan fingerprint density at radius 1 is 1.40 bits per heavy atom. The summed E-state index contributed by atoms with van der Waals surface area (Å²) >= 11 is 0. The number of rotatable bonds is 4. The van der Waals surface area contributed by atoms with E-state index in [1.54, 1.807) is 10.9 Å². The molecule has 0 aromatic carbocycles. The number of fused-ring (bicyclic) bond motifs is 2. The fourth-order valence-corrected chi connectivity index (χ4v) is 4.26. The highest BCUT2D eigenvalue weighted by Gasteiger charge is 2.42. The summed E-state index contributed by atoms with van der Waals surface area (Å²) in [6, 6.07) is 1.99. The fraction of sp³-hybridized carbons (Fsp3) is 0.750. The van der Waals surface area contributed by atoms with Gasteiger partial charge in [0.05, 0.1) is 0 Å². The van der Waals surface area contributed by atoms with Gasteiger partial charge in [0.15, 0.2) is 0 Å². The van der Waals surface area contributed by atoms with Gasteiger partial charge in [-0.1, -0.05) is 6.42 Å². The molecule has 1 heterocycles. The topological polar surface area (TPSA) is 46.9 Å². The van der Waals surface area contributed by atoms with Gasteiger partial charge in [-0.2, -0.15) is 5.10 Å². The van der Waals surface area contributed by atoms with Gasteiger partial charge < -0.3 is 5.32 Å². The number of nitrogens with one attached hydrogen (secondary N) is 1. The van der Waals surface area contributed by atoms with E-state index in [2.05, 4.69) is 17.3 Å². The summed E-state index contributed by atoms with van der Waals surface area (Å²) in [4.78, 5) is 12.4. The Balaban J connectivity index is 1.60. The smallest absolute Gasteiger partial charge is 0.244 e. The van der Waals surface area contributed by atoms with Crippen LogP contribution >= 0.6 is 0 Å². The van der Waals surface area contributed by atoms with Crippen LogP contribution < -0.4 is 5.32 Å². The molecule has 110 valence electrons. The molecule has 3 rings (SSSR count). The first-order valence-corrected chi connectivity index (χ1v) is 7.86. The van der Waals surface area contributed by atoms with Gasteiger partial charge in [-0.15, -0.1) is 0 Å². The number of carbonyl (C=O) groups is 1. The molecule has 20 heavy (non-hydrogen) atoms. The van der Waals surface area contributed by atoms with Gasteiger partial charge in [0, 0.05) is 17.9 Å². The van der Waals surface area contributed by atoms with Crippen LogP contribution in [0.1, 0.15) is 51.3 Å². The van der Waals surface area contributed by atoms with E-state index in [9.17, 15) is 4.79 Å². The molecule has 0 radical (unpaired) electrons. The van der Waals surface area contributed by atoms with Crippen LogP contribution in [0, 0.1) is 24.7 Å². The van der Waals surface area contributed by atoms with Crippen molar-refractivity contribution < 1.29 is 4.79 Å². The van der Waals surface area contributed by atoms with Gasteiger partial charge in [-0.05, 0) is 63.9 Å². The Morgan fingerprint density at radius 3 is 2.75 bits per heavy atom. The highest BCUT2D eigenvalue weighted by Crippen LogP contribution is 2.49. The molecule has 2 fully saturated rings. The van der Waals surface area contributed by atoms with Crippen molar-refractivity contribution in [1.29, 1.82) is 0 Å². The van der Waals surface area contributed by atoms with Crippen molar-refractivity contribution in [3.63, 3.8) is 0 Å². The zero-order valence-corrected chi connectivity index (χ0v) is 12.7. The molecule has 0 aliphatic heterocycles. The number of hydrogen-bond acceptors (Lipinski definition) is 2. The summed E-state index contributed by atoms with van der Waals surface area (Å²) < 4.78 is 1.79. The predicted molar refractivity (Wildman–Crippen MR) is 78.2 cm³/mol. The second kappa shape index (κ2) is 5.23. The molecule has 1 N–H and O–H groups in total. The summed E-state index contributed by atoms with van der Waals surface area (Å²) in [6.07, 6.45) is 7.21. The number of nitrogens with zero attached hydrogens (tertiary/aromatic N) is 2. The third-order valence-corrected chi connectivity index (χ3v) is 5.42. The van der Waals surface area contributed by atoms with Crippen molar-refractivity contribution in [3.05, 3.63) is 18.0 Å². The number of aryl methyl sites for hydroxylation is 1. The van der Waals surface area contributed by atoms with Gasteiger partial charge in [-0.25, -0.2) is 0 Å². The standard InChI is InChI=1S/C16H25N3O/c1-10-6-7-17-19(10)12(3)16(20)18-11(2)15-9-13-4-5-14(15)8-13/h6-7,11-15H,4-5,8-9H2,1-3H3,(H,18,20)/t11-,12-,13+,14+,15-/m0/s1. The van der Waals surface area contributed by atoms with Gasteiger partial charge in [0.1, 0.15) is 6.04 Å². The second-order valence-electron chi connectivity index (χ2n) is 6.73. The molecule has 1 amide bonds. The average Bonchev–Trinajstić information content (AvgIpc) is 3.13. The zero-order chi connectivity index (χ0) is 14.3.